The highest BCUT2D eigenvalue weighted by atomic mass is 32.1. The van der Waals surface area contributed by atoms with Gasteiger partial charge in [0.05, 0.1) is 12.2 Å². The fourth-order valence-electron chi connectivity index (χ4n) is 1.94. The van der Waals surface area contributed by atoms with Crippen LogP contribution >= 0.6 is 22.7 Å². The Bertz CT molecular complexity index is 795. The van der Waals surface area contributed by atoms with Crippen LogP contribution < -0.4 is 5.32 Å². The number of carbonyl (C=O) groups is 1. The summed E-state index contributed by atoms with van der Waals surface area (Å²) in [5.41, 5.74) is 0.701. The van der Waals surface area contributed by atoms with Crippen molar-refractivity contribution in [3.05, 3.63) is 50.9 Å². The van der Waals surface area contributed by atoms with Crippen LogP contribution in [0, 0.1) is 13.8 Å². The highest BCUT2D eigenvalue weighted by Crippen LogP contribution is 2.25. The van der Waals surface area contributed by atoms with E-state index in [-0.39, 0.29) is 5.91 Å². The quantitative estimate of drug-likeness (QED) is 0.797. The van der Waals surface area contributed by atoms with Crippen LogP contribution in [0.1, 0.15) is 25.1 Å². The second kappa shape index (κ2) is 6.33. The molecule has 0 aliphatic carbocycles. The van der Waals surface area contributed by atoms with E-state index in [0.29, 0.717) is 27.9 Å². The van der Waals surface area contributed by atoms with Crippen LogP contribution in [0.15, 0.2) is 30.6 Å². The lowest BCUT2D eigenvalue weighted by molar-refractivity contribution is 0.0954. The third kappa shape index (κ3) is 3.20. The number of hydrogen-bond donors (Lipinski definition) is 1. The van der Waals surface area contributed by atoms with Gasteiger partial charge in [-0.15, -0.1) is 22.7 Å². The molecule has 0 aromatic carbocycles. The Hall–Kier alpha value is -2.12. The van der Waals surface area contributed by atoms with Crippen LogP contribution in [0.3, 0.4) is 0 Å². The number of aromatic nitrogens is 3. The largest absolute Gasteiger partial charge is 0.346 e. The molecule has 0 unspecified atom stereocenters. The van der Waals surface area contributed by atoms with E-state index in [0.717, 1.165) is 4.88 Å². The van der Waals surface area contributed by atoms with Crippen molar-refractivity contribution in [2.24, 2.45) is 0 Å². The van der Waals surface area contributed by atoms with E-state index < -0.39 is 0 Å². The number of aryl methyl sites for hydroxylation is 2. The van der Waals surface area contributed by atoms with E-state index in [1.54, 1.807) is 29.8 Å². The first-order valence-electron chi connectivity index (χ1n) is 6.72. The van der Waals surface area contributed by atoms with Gasteiger partial charge in [-0.2, -0.15) is 0 Å². The number of amides is 1. The summed E-state index contributed by atoms with van der Waals surface area (Å²) in [5.74, 6) is 0.437. The molecule has 0 radical (unpaired) electrons. The van der Waals surface area contributed by atoms with Crippen molar-refractivity contribution in [3.63, 3.8) is 0 Å². The van der Waals surface area contributed by atoms with Crippen molar-refractivity contribution in [1.82, 2.24) is 20.3 Å². The minimum Gasteiger partial charge on any atom is -0.346 e. The molecule has 0 fully saturated rings. The van der Waals surface area contributed by atoms with Crippen LogP contribution in [0.2, 0.25) is 0 Å². The number of thiophene rings is 1. The van der Waals surface area contributed by atoms with Gasteiger partial charge < -0.3 is 5.32 Å². The van der Waals surface area contributed by atoms with Gasteiger partial charge in [0.15, 0.2) is 10.8 Å². The van der Waals surface area contributed by atoms with Gasteiger partial charge >= 0.3 is 0 Å². The van der Waals surface area contributed by atoms with E-state index in [1.807, 2.05) is 13.0 Å². The summed E-state index contributed by atoms with van der Waals surface area (Å²) >= 11 is 3.00. The van der Waals surface area contributed by atoms with Crippen LogP contribution in [0.5, 0.6) is 0 Å². The third-order valence-corrected chi connectivity index (χ3v) is 5.13. The maximum absolute atomic E-state index is 12.3. The second-order valence-electron chi connectivity index (χ2n) is 4.70. The Kier molecular flexibility index (Phi) is 4.26. The van der Waals surface area contributed by atoms with Gasteiger partial charge in [-0.1, -0.05) is 0 Å². The van der Waals surface area contributed by atoms with Crippen LogP contribution in [-0.4, -0.2) is 20.9 Å². The van der Waals surface area contributed by atoms with Crippen molar-refractivity contribution in [2.75, 3.05) is 0 Å². The molecule has 0 saturated heterocycles. The number of nitrogens with zero attached hydrogens (tertiary/aromatic N) is 3. The highest BCUT2D eigenvalue weighted by molar-refractivity contribution is 7.17. The van der Waals surface area contributed by atoms with Crippen molar-refractivity contribution < 1.29 is 4.79 Å². The number of nitrogens with one attached hydrogen (secondary N) is 1. The maximum Gasteiger partial charge on any atom is 0.263 e. The van der Waals surface area contributed by atoms with E-state index in [1.165, 1.54) is 16.2 Å². The minimum atomic E-state index is -0.108. The van der Waals surface area contributed by atoms with Gasteiger partial charge in [0.1, 0.15) is 4.88 Å². The van der Waals surface area contributed by atoms with E-state index in [2.05, 4.69) is 33.3 Å². The molecular weight excluding hydrogens is 316 g/mol. The van der Waals surface area contributed by atoms with Gasteiger partial charge in [0.25, 0.3) is 5.91 Å². The molecule has 0 aliphatic rings. The lowest BCUT2D eigenvalue weighted by atomic mass is 10.3. The molecule has 112 valence electrons. The predicted octanol–water partition coefficient (Wildman–Crippen LogP) is 3.21. The second-order valence-corrected chi connectivity index (χ2v) is 7.07. The summed E-state index contributed by atoms with van der Waals surface area (Å²) in [6.07, 6.45) is 3.33. The summed E-state index contributed by atoms with van der Waals surface area (Å²) in [6.45, 7) is 4.41. The van der Waals surface area contributed by atoms with Gasteiger partial charge in [-0.3, -0.25) is 4.79 Å². The Labute approximate surface area is 136 Å². The summed E-state index contributed by atoms with van der Waals surface area (Å²) in [7, 11) is 0. The van der Waals surface area contributed by atoms with E-state index in [9.17, 15) is 4.79 Å². The number of carbonyl (C=O) groups excluding carboxylic acids is 1. The van der Waals surface area contributed by atoms with E-state index in [4.69, 9.17) is 0 Å². The van der Waals surface area contributed by atoms with Crippen molar-refractivity contribution >= 4 is 28.6 Å². The van der Waals surface area contributed by atoms with Crippen LogP contribution in [0.25, 0.3) is 10.8 Å². The van der Waals surface area contributed by atoms with Crippen molar-refractivity contribution in [1.29, 1.82) is 0 Å². The molecule has 22 heavy (non-hydrogen) atoms. The number of thiazole rings is 1. The first kappa shape index (κ1) is 14.8. The first-order chi connectivity index (χ1) is 10.6. The average molecular weight is 330 g/mol. The minimum absolute atomic E-state index is 0.108. The Morgan fingerprint density at radius 1 is 1.18 bits per heavy atom. The van der Waals surface area contributed by atoms with Gasteiger partial charge in [-0.25, -0.2) is 15.0 Å². The summed E-state index contributed by atoms with van der Waals surface area (Å²) in [6, 6.07) is 5.83. The normalized spacial score (nSPS) is 10.6. The maximum atomic E-state index is 12.3. The molecule has 7 heteroatoms. The molecular formula is C15H14N4OS2. The highest BCUT2D eigenvalue weighted by Gasteiger charge is 2.17. The molecule has 3 heterocycles. The Morgan fingerprint density at radius 3 is 2.64 bits per heavy atom. The van der Waals surface area contributed by atoms with Gasteiger partial charge in [0.2, 0.25) is 0 Å². The molecule has 5 nitrogen and oxygen atoms in total. The molecule has 1 N–H and O–H groups in total. The smallest absolute Gasteiger partial charge is 0.263 e. The molecule has 3 aromatic heterocycles. The summed E-state index contributed by atoms with van der Waals surface area (Å²) in [5, 5.41) is 3.60. The molecule has 0 saturated carbocycles. The molecule has 1 amide bonds. The molecule has 0 aliphatic heterocycles. The number of hydrogen-bond acceptors (Lipinski definition) is 6. The van der Waals surface area contributed by atoms with E-state index >= 15 is 0 Å². The fraction of sp³-hybridized carbons (Fsp3) is 0.200. The lowest BCUT2D eigenvalue weighted by Gasteiger charge is -2.01. The zero-order valence-corrected chi connectivity index (χ0v) is 13.8. The first-order valence-corrected chi connectivity index (χ1v) is 8.35. The molecule has 0 atom stereocenters. The van der Waals surface area contributed by atoms with Crippen LogP contribution in [0.4, 0.5) is 0 Å². The third-order valence-electron chi connectivity index (χ3n) is 2.98. The molecule has 0 spiro atoms. The van der Waals surface area contributed by atoms with Crippen LogP contribution in [-0.2, 0) is 6.54 Å². The topological polar surface area (TPSA) is 67.8 Å². The summed E-state index contributed by atoms with van der Waals surface area (Å²) in [4.78, 5) is 28.0. The molecule has 3 rings (SSSR count). The average Bonchev–Trinajstić information content (AvgIpc) is 3.12. The Balaban J connectivity index is 1.74. The molecule has 0 bridgehead atoms. The monoisotopic (exact) mass is 330 g/mol. The predicted molar refractivity (Wildman–Crippen MR) is 88.1 cm³/mol. The van der Waals surface area contributed by atoms with Gasteiger partial charge in [-0.05, 0) is 32.0 Å². The lowest BCUT2D eigenvalue weighted by Crippen LogP contribution is -2.22. The number of rotatable bonds is 4. The fourth-order valence-corrected chi connectivity index (χ4v) is 3.70. The zero-order chi connectivity index (χ0) is 15.5. The van der Waals surface area contributed by atoms with Crippen molar-refractivity contribution in [2.45, 2.75) is 20.4 Å². The van der Waals surface area contributed by atoms with Crippen molar-refractivity contribution in [3.8, 4) is 10.8 Å². The zero-order valence-electron chi connectivity index (χ0n) is 12.2. The molecule has 3 aromatic rings. The SMILES string of the molecule is Cc1ccc(CNC(=O)c2sc(-c3ncccn3)nc2C)s1. The summed E-state index contributed by atoms with van der Waals surface area (Å²) < 4.78 is 0. The standard InChI is InChI=1S/C15H14N4OS2/c1-9-4-5-11(21-9)8-18-14(20)12-10(2)19-15(22-12)13-16-6-3-7-17-13/h3-7H,8H2,1-2H3,(H,18,20). The van der Waals surface area contributed by atoms with Gasteiger partial charge in [0, 0.05) is 22.1 Å². The Morgan fingerprint density at radius 2 is 1.95 bits per heavy atom.